The van der Waals surface area contributed by atoms with Crippen molar-refractivity contribution in [1.82, 2.24) is 24.9 Å². The first-order valence-corrected chi connectivity index (χ1v) is 7.70. The van der Waals surface area contributed by atoms with Gasteiger partial charge in [-0.2, -0.15) is 0 Å². The molecule has 3 heterocycles. The summed E-state index contributed by atoms with van der Waals surface area (Å²) in [6, 6.07) is 1.71. The first-order chi connectivity index (χ1) is 11.2. The van der Waals surface area contributed by atoms with Gasteiger partial charge in [-0.3, -0.25) is 9.69 Å². The van der Waals surface area contributed by atoms with Gasteiger partial charge in [0, 0.05) is 45.2 Å². The predicted octanol–water partition coefficient (Wildman–Crippen LogP) is 1.06. The lowest BCUT2D eigenvalue weighted by atomic mass is 10.1. The lowest BCUT2D eigenvalue weighted by molar-refractivity contribution is 0.0471. The fraction of sp³-hybridized carbons (Fsp3) is 0.533. The number of aromatic nitrogens is 3. The Morgan fingerprint density at radius 2 is 2.39 bits per heavy atom. The van der Waals surface area contributed by atoms with Crippen molar-refractivity contribution in [3.05, 3.63) is 35.7 Å². The number of carbonyl (C=O) groups excluding carboxylic acids is 1. The normalized spacial score (nSPS) is 19.2. The van der Waals surface area contributed by atoms with Gasteiger partial charge in [-0.05, 0) is 6.54 Å². The van der Waals surface area contributed by atoms with Crippen LogP contribution in [0.3, 0.4) is 0 Å². The Hall–Kier alpha value is -2.19. The summed E-state index contributed by atoms with van der Waals surface area (Å²) in [5, 5.41) is 3.85. The van der Waals surface area contributed by atoms with Crippen LogP contribution in [-0.4, -0.2) is 64.1 Å². The molecule has 8 nitrogen and oxygen atoms in total. The molecule has 23 heavy (non-hydrogen) atoms. The number of hydrogen-bond donors (Lipinski definition) is 1. The summed E-state index contributed by atoms with van der Waals surface area (Å²) in [6.45, 7) is 5.37. The molecule has 1 fully saturated rings. The summed E-state index contributed by atoms with van der Waals surface area (Å²) in [6.07, 6.45) is 3.54. The standard InChI is InChI=1S/C15H21N5O3/c1-3-19-6-7-20(9-13(19)14-16-4-5-17-14)15(21)12-8-11(10-22-2)23-18-12/h4-5,8,13H,3,6-7,9-10H2,1-2H3,(H,16,17)/t13-/m0/s1. The van der Waals surface area contributed by atoms with E-state index in [1.807, 2.05) is 0 Å². The number of likely N-dealkylation sites (N-methyl/N-ethyl adjacent to an activating group) is 1. The zero-order valence-electron chi connectivity index (χ0n) is 13.4. The third-order valence-corrected chi connectivity index (χ3v) is 4.08. The van der Waals surface area contributed by atoms with Crippen molar-refractivity contribution >= 4 is 5.91 Å². The minimum Gasteiger partial charge on any atom is -0.377 e. The molecule has 1 aliphatic heterocycles. The molecule has 8 heteroatoms. The van der Waals surface area contributed by atoms with Gasteiger partial charge in [0.15, 0.2) is 11.5 Å². The number of imidazole rings is 1. The number of aromatic amines is 1. The van der Waals surface area contributed by atoms with E-state index in [4.69, 9.17) is 9.26 Å². The zero-order chi connectivity index (χ0) is 16.2. The van der Waals surface area contributed by atoms with Crippen LogP contribution in [-0.2, 0) is 11.3 Å². The molecule has 0 spiro atoms. The summed E-state index contributed by atoms with van der Waals surface area (Å²) in [7, 11) is 1.57. The number of amides is 1. The quantitative estimate of drug-likeness (QED) is 0.887. The van der Waals surface area contributed by atoms with Crippen molar-refractivity contribution in [1.29, 1.82) is 0 Å². The summed E-state index contributed by atoms with van der Waals surface area (Å²) in [4.78, 5) is 24.2. The van der Waals surface area contributed by atoms with Gasteiger partial charge in [0.1, 0.15) is 12.4 Å². The van der Waals surface area contributed by atoms with Crippen molar-refractivity contribution in [3.8, 4) is 0 Å². The molecule has 0 bridgehead atoms. The number of piperazine rings is 1. The average molecular weight is 319 g/mol. The zero-order valence-corrected chi connectivity index (χ0v) is 13.4. The summed E-state index contributed by atoms with van der Waals surface area (Å²) in [5.74, 6) is 1.30. The van der Waals surface area contributed by atoms with Crippen LogP contribution in [0.5, 0.6) is 0 Å². The molecule has 0 radical (unpaired) electrons. The van der Waals surface area contributed by atoms with Crippen molar-refractivity contribution in [2.45, 2.75) is 19.6 Å². The van der Waals surface area contributed by atoms with E-state index in [1.54, 1.807) is 30.5 Å². The number of H-pyrrole nitrogens is 1. The van der Waals surface area contributed by atoms with Crippen LogP contribution in [0.2, 0.25) is 0 Å². The Morgan fingerprint density at radius 3 is 3.09 bits per heavy atom. The van der Waals surface area contributed by atoms with Gasteiger partial charge in [0.25, 0.3) is 5.91 Å². The van der Waals surface area contributed by atoms with Gasteiger partial charge < -0.3 is 19.1 Å². The largest absolute Gasteiger partial charge is 0.377 e. The first-order valence-electron chi connectivity index (χ1n) is 7.70. The summed E-state index contributed by atoms with van der Waals surface area (Å²) in [5.41, 5.74) is 0.320. The smallest absolute Gasteiger partial charge is 0.276 e. The Kier molecular flexibility index (Phi) is 4.73. The molecule has 0 unspecified atom stereocenters. The minimum atomic E-state index is -0.122. The molecular formula is C15H21N5O3. The van der Waals surface area contributed by atoms with E-state index < -0.39 is 0 Å². The minimum absolute atomic E-state index is 0.0676. The van der Waals surface area contributed by atoms with Gasteiger partial charge in [0.05, 0.1) is 6.04 Å². The van der Waals surface area contributed by atoms with Crippen LogP contribution in [0.15, 0.2) is 23.0 Å². The highest BCUT2D eigenvalue weighted by molar-refractivity contribution is 5.92. The topological polar surface area (TPSA) is 87.5 Å². The van der Waals surface area contributed by atoms with Crippen molar-refractivity contribution in [3.63, 3.8) is 0 Å². The van der Waals surface area contributed by atoms with Gasteiger partial charge in [0.2, 0.25) is 0 Å². The fourth-order valence-electron chi connectivity index (χ4n) is 2.89. The summed E-state index contributed by atoms with van der Waals surface area (Å²) < 4.78 is 10.1. The second-order valence-electron chi connectivity index (χ2n) is 5.48. The van der Waals surface area contributed by atoms with E-state index in [-0.39, 0.29) is 11.9 Å². The third-order valence-electron chi connectivity index (χ3n) is 4.08. The first kappa shape index (κ1) is 15.7. The maximum absolute atomic E-state index is 12.6. The van der Waals surface area contributed by atoms with Crippen LogP contribution >= 0.6 is 0 Å². The molecule has 1 atom stereocenters. The number of nitrogens with zero attached hydrogens (tertiary/aromatic N) is 4. The molecule has 3 rings (SSSR count). The highest BCUT2D eigenvalue weighted by Crippen LogP contribution is 2.23. The van der Waals surface area contributed by atoms with E-state index in [1.165, 1.54) is 0 Å². The average Bonchev–Trinajstić information content (AvgIpc) is 3.25. The molecule has 0 saturated carbocycles. The maximum Gasteiger partial charge on any atom is 0.276 e. The molecular weight excluding hydrogens is 298 g/mol. The fourth-order valence-corrected chi connectivity index (χ4v) is 2.89. The van der Waals surface area contributed by atoms with Gasteiger partial charge in [-0.25, -0.2) is 4.98 Å². The Balaban J connectivity index is 1.73. The molecule has 0 aromatic carbocycles. The Bertz CT molecular complexity index is 639. The molecule has 2 aromatic heterocycles. The number of methoxy groups -OCH3 is 1. The summed E-state index contributed by atoms with van der Waals surface area (Å²) >= 11 is 0. The number of hydrogen-bond acceptors (Lipinski definition) is 6. The van der Waals surface area contributed by atoms with E-state index in [0.717, 1.165) is 18.9 Å². The molecule has 1 N–H and O–H groups in total. The number of ether oxygens (including phenoxy) is 1. The van der Waals surface area contributed by atoms with Crippen molar-refractivity contribution in [2.75, 3.05) is 33.3 Å². The predicted molar refractivity (Wildman–Crippen MR) is 81.7 cm³/mol. The van der Waals surface area contributed by atoms with E-state index in [0.29, 0.717) is 31.2 Å². The van der Waals surface area contributed by atoms with Gasteiger partial charge >= 0.3 is 0 Å². The molecule has 1 aliphatic rings. The third kappa shape index (κ3) is 3.27. The second kappa shape index (κ2) is 6.93. The van der Waals surface area contributed by atoms with Gasteiger partial charge in [-0.15, -0.1) is 0 Å². The number of carbonyl (C=O) groups is 1. The highest BCUT2D eigenvalue weighted by atomic mass is 16.5. The molecule has 0 aliphatic carbocycles. The highest BCUT2D eigenvalue weighted by Gasteiger charge is 2.32. The monoisotopic (exact) mass is 319 g/mol. The van der Waals surface area contributed by atoms with Crippen LogP contribution in [0.4, 0.5) is 0 Å². The van der Waals surface area contributed by atoms with Gasteiger partial charge in [-0.1, -0.05) is 12.1 Å². The van der Waals surface area contributed by atoms with Crippen LogP contribution < -0.4 is 0 Å². The maximum atomic E-state index is 12.6. The molecule has 2 aromatic rings. The van der Waals surface area contributed by atoms with Crippen molar-refractivity contribution in [2.24, 2.45) is 0 Å². The van der Waals surface area contributed by atoms with Crippen LogP contribution in [0.1, 0.15) is 35.0 Å². The van der Waals surface area contributed by atoms with E-state index >= 15 is 0 Å². The number of nitrogens with one attached hydrogen (secondary N) is 1. The van der Waals surface area contributed by atoms with Crippen LogP contribution in [0.25, 0.3) is 0 Å². The second-order valence-corrected chi connectivity index (χ2v) is 5.48. The van der Waals surface area contributed by atoms with Crippen molar-refractivity contribution < 1.29 is 14.1 Å². The molecule has 1 amide bonds. The molecule has 1 saturated heterocycles. The van der Waals surface area contributed by atoms with Crippen LogP contribution in [0, 0.1) is 0 Å². The Morgan fingerprint density at radius 1 is 1.52 bits per heavy atom. The van der Waals surface area contributed by atoms with E-state index in [2.05, 4.69) is 26.9 Å². The Labute approximate surface area is 134 Å². The molecule has 124 valence electrons. The van der Waals surface area contributed by atoms with E-state index in [9.17, 15) is 4.79 Å². The lowest BCUT2D eigenvalue weighted by Crippen LogP contribution is -2.50. The lowest BCUT2D eigenvalue weighted by Gasteiger charge is -2.39. The SMILES string of the molecule is CCN1CCN(C(=O)c2cc(COC)on2)C[C@H]1c1ncc[nH]1. The number of rotatable bonds is 5.